The van der Waals surface area contributed by atoms with Crippen molar-refractivity contribution >= 4 is 5.96 Å². The number of guanidine groups is 1. The lowest BCUT2D eigenvalue weighted by molar-refractivity contribution is -0.132. The standard InChI is InChI=1S/C14H24F3N3/c1-2-18-12(19-9-8-14(15,16)17)20-10-13(6-3-7-13)11-4-5-11/h11H,2-10H2,1H3,(H2,18,19,20). The Balaban J connectivity index is 1.82. The molecule has 2 rings (SSSR count). The Labute approximate surface area is 118 Å². The molecule has 0 saturated heterocycles. The van der Waals surface area contributed by atoms with Crippen LogP contribution in [0.3, 0.4) is 0 Å². The molecule has 0 amide bonds. The van der Waals surface area contributed by atoms with Crippen molar-refractivity contribution in [3.8, 4) is 0 Å². The highest BCUT2D eigenvalue weighted by Gasteiger charge is 2.48. The van der Waals surface area contributed by atoms with Gasteiger partial charge in [0.1, 0.15) is 0 Å². The summed E-state index contributed by atoms with van der Waals surface area (Å²) in [5.41, 5.74) is 0.354. The van der Waals surface area contributed by atoms with Crippen molar-refractivity contribution in [1.29, 1.82) is 0 Å². The van der Waals surface area contributed by atoms with Gasteiger partial charge in [-0.05, 0) is 43.9 Å². The summed E-state index contributed by atoms with van der Waals surface area (Å²) in [6, 6.07) is 0. The Morgan fingerprint density at radius 2 is 1.95 bits per heavy atom. The molecular formula is C14H24F3N3. The first-order valence-electron chi connectivity index (χ1n) is 7.54. The van der Waals surface area contributed by atoms with E-state index >= 15 is 0 Å². The summed E-state index contributed by atoms with van der Waals surface area (Å²) < 4.78 is 36.4. The maximum Gasteiger partial charge on any atom is 0.390 e. The normalized spacial score (nSPS) is 22.3. The molecule has 0 radical (unpaired) electrons. The van der Waals surface area contributed by atoms with E-state index in [0.717, 1.165) is 12.5 Å². The highest BCUT2D eigenvalue weighted by Crippen LogP contribution is 2.57. The van der Waals surface area contributed by atoms with Crippen LogP contribution in [0.1, 0.15) is 45.4 Å². The van der Waals surface area contributed by atoms with Crippen LogP contribution in [0.2, 0.25) is 0 Å². The number of halogens is 3. The fourth-order valence-corrected chi connectivity index (χ4v) is 2.92. The van der Waals surface area contributed by atoms with Gasteiger partial charge in [-0.1, -0.05) is 6.42 Å². The third kappa shape index (κ3) is 4.28. The summed E-state index contributed by atoms with van der Waals surface area (Å²) in [6.07, 6.45) is 1.37. The minimum Gasteiger partial charge on any atom is -0.357 e. The summed E-state index contributed by atoms with van der Waals surface area (Å²) in [5, 5.41) is 5.80. The molecule has 6 heteroatoms. The van der Waals surface area contributed by atoms with Gasteiger partial charge in [-0.25, -0.2) is 0 Å². The minimum absolute atomic E-state index is 0.119. The van der Waals surface area contributed by atoms with Gasteiger partial charge in [0.2, 0.25) is 0 Å². The van der Waals surface area contributed by atoms with Crippen LogP contribution in [0.15, 0.2) is 4.99 Å². The van der Waals surface area contributed by atoms with Gasteiger partial charge in [-0.2, -0.15) is 13.2 Å². The lowest BCUT2D eigenvalue weighted by Gasteiger charge is -2.41. The Kier molecular flexibility index (Phi) is 4.81. The molecule has 0 atom stereocenters. The zero-order valence-corrected chi connectivity index (χ0v) is 12.0. The zero-order chi connectivity index (χ0) is 14.6. The predicted molar refractivity (Wildman–Crippen MR) is 73.7 cm³/mol. The molecule has 116 valence electrons. The highest BCUT2D eigenvalue weighted by atomic mass is 19.4. The average Bonchev–Trinajstić information content (AvgIpc) is 3.10. The summed E-state index contributed by atoms with van der Waals surface area (Å²) in [5.74, 6) is 1.32. The van der Waals surface area contributed by atoms with Crippen LogP contribution >= 0.6 is 0 Å². The Hall–Kier alpha value is -0.940. The molecule has 0 aromatic rings. The van der Waals surface area contributed by atoms with Crippen LogP contribution in [0.4, 0.5) is 13.2 Å². The van der Waals surface area contributed by atoms with Crippen LogP contribution in [0, 0.1) is 11.3 Å². The summed E-state index contributed by atoms with van der Waals surface area (Å²) in [4.78, 5) is 4.52. The number of alkyl halides is 3. The lowest BCUT2D eigenvalue weighted by atomic mass is 9.65. The second-order valence-corrected chi connectivity index (χ2v) is 5.98. The number of hydrogen-bond donors (Lipinski definition) is 2. The first-order chi connectivity index (χ1) is 9.45. The minimum atomic E-state index is -4.12. The molecule has 0 unspecified atom stereocenters. The fraction of sp³-hybridized carbons (Fsp3) is 0.929. The van der Waals surface area contributed by atoms with Crippen LogP contribution in [0.5, 0.6) is 0 Å². The molecule has 2 fully saturated rings. The summed E-state index contributed by atoms with van der Waals surface area (Å²) in [7, 11) is 0. The van der Waals surface area contributed by atoms with E-state index in [0.29, 0.717) is 17.9 Å². The van der Waals surface area contributed by atoms with Crippen molar-refractivity contribution in [2.45, 2.75) is 51.6 Å². The smallest absolute Gasteiger partial charge is 0.357 e. The molecule has 2 aliphatic carbocycles. The Morgan fingerprint density at radius 3 is 2.40 bits per heavy atom. The maximum atomic E-state index is 12.1. The van der Waals surface area contributed by atoms with E-state index in [1.54, 1.807) is 0 Å². The quantitative estimate of drug-likeness (QED) is 0.583. The van der Waals surface area contributed by atoms with Gasteiger partial charge in [0.05, 0.1) is 6.42 Å². The third-order valence-electron chi connectivity index (χ3n) is 4.39. The number of nitrogens with zero attached hydrogens (tertiary/aromatic N) is 1. The van der Waals surface area contributed by atoms with E-state index in [2.05, 4.69) is 15.6 Å². The maximum absolute atomic E-state index is 12.1. The SMILES string of the molecule is CCNC(=NCC1(C2CC2)CCC1)NCCC(F)(F)F. The van der Waals surface area contributed by atoms with Crippen LogP contribution < -0.4 is 10.6 Å². The zero-order valence-electron chi connectivity index (χ0n) is 12.0. The molecule has 2 saturated carbocycles. The summed E-state index contributed by atoms with van der Waals surface area (Å²) in [6.45, 7) is 3.21. The van der Waals surface area contributed by atoms with Gasteiger partial charge in [-0.3, -0.25) is 4.99 Å². The lowest BCUT2D eigenvalue weighted by Crippen LogP contribution is -2.41. The van der Waals surface area contributed by atoms with Crippen molar-refractivity contribution in [1.82, 2.24) is 10.6 Å². The number of rotatable bonds is 6. The van der Waals surface area contributed by atoms with E-state index in [4.69, 9.17) is 0 Å². The van der Waals surface area contributed by atoms with Crippen molar-refractivity contribution in [3.63, 3.8) is 0 Å². The molecule has 0 aromatic carbocycles. The molecule has 0 bridgehead atoms. The van der Waals surface area contributed by atoms with Gasteiger partial charge < -0.3 is 10.6 Å². The van der Waals surface area contributed by atoms with Gasteiger partial charge in [-0.15, -0.1) is 0 Å². The number of nitrogens with one attached hydrogen (secondary N) is 2. The molecule has 0 heterocycles. The molecule has 20 heavy (non-hydrogen) atoms. The van der Waals surface area contributed by atoms with E-state index in [1.165, 1.54) is 32.1 Å². The van der Waals surface area contributed by atoms with Crippen molar-refractivity contribution in [2.75, 3.05) is 19.6 Å². The second-order valence-electron chi connectivity index (χ2n) is 5.98. The number of hydrogen-bond acceptors (Lipinski definition) is 1. The predicted octanol–water partition coefficient (Wildman–Crippen LogP) is 3.07. The second kappa shape index (κ2) is 6.22. The van der Waals surface area contributed by atoms with Gasteiger partial charge >= 0.3 is 6.18 Å². The molecule has 3 nitrogen and oxygen atoms in total. The van der Waals surface area contributed by atoms with E-state index in [-0.39, 0.29) is 6.54 Å². The Morgan fingerprint density at radius 1 is 1.25 bits per heavy atom. The largest absolute Gasteiger partial charge is 0.390 e. The first-order valence-corrected chi connectivity index (χ1v) is 7.54. The van der Waals surface area contributed by atoms with Crippen LogP contribution in [0.25, 0.3) is 0 Å². The van der Waals surface area contributed by atoms with Gasteiger partial charge in [0.15, 0.2) is 5.96 Å². The van der Waals surface area contributed by atoms with Crippen molar-refractivity contribution in [3.05, 3.63) is 0 Å². The molecule has 0 spiro atoms. The molecule has 2 aliphatic rings. The van der Waals surface area contributed by atoms with Crippen molar-refractivity contribution in [2.24, 2.45) is 16.3 Å². The third-order valence-corrected chi connectivity index (χ3v) is 4.39. The topological polar surface area (TPSA) is 36.4 Å². The monoisotopic (exact) mass is 291 g/mol. The fourth-order valence-electron chi connectivity index (χ4n) is 2.92. The summed E-state index contributed by atoms with van der Waals surface area (Å²) >= 11 is 0. The average molecular weight is 291 g/mol. The Bertz CT molecular complexity index is 344. The van der Waals surface area contributed by atoms with E-state index in [1.807, 2.05) is 6.92 Å². The van der Waals surface area contributed by atoms with Gasteiger partial charge in [0, 0.05) is 19.6 Å². The van der Waals surface area contributed by atoms with Crippen LogP contribution in [-0.4, -0.2) is 31.8 Å². The first kappa shape index (κ1) is 15.4. The molecular weight excluding hydrogens is 267 g/mol. The molecule has 2 N–H and O–H groups in total. The van der Waals surface area contributed by atoms with Gasteiger partial charge in [0.25, 0.3) is 0 Å². The highest BCUT2D eigenvalue weighted by molar-refractivity contribution is 5.79. The molecule has 0 aliphatic heterocycles. The van der Waals surface area contributed by atoms with E-state index < -0.39 is 12.6 Å². The van der Waals surface area contributed by atoms with Crippen LogP contribution in [-0.2, 0) is 0 Å². The van der Waals surface area contributed by atoms with E-state index in [9.17, 15) is 13.2 Å². The van der Waals surface area contributed by atoms with Crippen molar-refractivity contribution < 1.29 is 13.2 Å². The molecule has 0 aromatic heterocycles. The number of aliphatic imine (C=N–C) groups is 1.